The maximum absolute atomic E-state index is 12.7. The van der Waals surface area contributed by atoms with Crippen LogP contribution in [0, 0.1) is 0 Å². The average Bonchev–Trinajstić information content (AvgIpc) is 2.60. The van der Waals surface area contributed by atoms with Crippen molar-refractivity contribution >= 4 is 27.3 Å². The highest BCUT2D eigenvalue weighted by atomic mass is 35.5. The Morgan fingerprint density at radius 3 is 2.28 bits per heavy atom. The van der Waals surface area contributed by atoms with E-state index in [1.54, 1.807) is 4.90 Å². The summed E-state index contributed by atoms with van der Waals surface area (Å²) in [5, 5.41) is 0.634. The summed E-state index contributed by atoms with van der Waals surface area (Å²) in [4.78, 5) is 14.4. The summed E-state index contributed by atoms with van der Waals surface area (Å²) in [6, 6.07) is 17.4. The van der Waals surface area contributed by atoms with Crippen LogP contribution in [-0.2, 0) is 14.6 Å². The van der Waals surface area contributed by atoms with Crippen molar-refractivity contribution in [1.82, 2.24) is 4.90 Å². The van der Waals surface area contributed by atoms with E-state index in [1.165, 1.54) is 0 Å². The molecule has 0 bridgehead atoms. The molecule has 1 amide bonds. The van der Waals surface area contributed by atoms with Crippen molar-refractivity contribution in [1.29, 1.82) is 0 Å². The number of hydrogen-bond donors (Lipinski definition) is 0. The van der Waals surface area contributed by atoms with Gasteiger partial charge in [0, 0.05) is 30.5 Å². The van der Waals surface area contributed by atoms with Crippen LogP contribution in [0.1, 0.15) is 23.5 Å². The van der Waals surface area contributed by atoms with Crippen LogP contribution >= 0.6 is 11.6 Å². The Labute approximate surface area is 153 Å². The molecule has 0 radical (unpaired) electrons. The molecule has 0 N–H and O–H groups in total. The number of sulfone groups is 1. The fraction of sp³-hybridized carbons (Fsp3) is 0.316. The molecule has 1 aliphatic rings. The molecule has 2 aromatic rings. The van der Waals surface area contributed by atoms with Gasteiger partial charge in [-0.2, -0.15) is 0 Å². The Kier molecular flexibility index (Phi) is 5.45. The van der Waals surface area contributed by atoms with E-state index in [1.807, 2.05) is 54.6 Å². The van der Waals surface area contributed by atoms with Gasteiger partial charge in [-0.05, 0) is 23.3 Å². The first-order valence-corrected chi connectivity index (χ1v) is 10.4. The maximum Gasteiger partial charge on any atom is 0.223 e. The summed E-state index contributed by atoms with van der Waals surface area (Å²) >= 11 is 6.13. The highest BCUT2D eigenvalue weighted by Crippen LogP contribution is 2.30. The smallest absolute Gasteiger partial charge is 0.223 e. The Morgan fingerprint density at radius 1 is 1.00 bits per heavy atom. The predicted molar refractivity (Wildman–Crippen MR) is 99.6 cm³/mol. The van der Waals surface area contributed by atoms with Gasteiger partial charge in [0.15, 0.2) is 9.84 Å². The third-order valence-electron chi connectivity index (χ3n) is 4.53. The topological polar surface area (TPSA) is 54.5 Å². The largest absolute Gasteiger partial charge is 0.341 e. The average molecular weight is 378 g/mol. The molecule has 1 heterocycles. The Balaban J connectivity index is 1.82. The zero-order valence-corrected chi connectivity index (χ0v) is 15.3. The molecule has 0 aromatic heterocycles. The van der Waals surface area contributed by atoms with Gasteiger partial charge in [-0.15, -0.1) is 0 Å². The van der Waals surface area contributed by atoms with E-state index in [0.717, 1.165) is 11.1 Å². The van der Waals surface area contributed by atoms with Gasteiger partial charge in [0.2, 0.25) is 5.91 Å². The minimum Gasteiger partial charge on any atom is -0.341 e. The number of amides is 1. The second-order valence-electron chi connectivity index (χ2n) is 6.26. The standard InChI is InChI=1S/C19H20ClNO3S/c20-17-8-4-7-16(13-17)18(15-5-2-1-3-6-15)14-19(22)21-9-11-25(23,24)12-10-21/h1-8,13,18H,9-12,14H2/t18-/m1/s1. The number of rotatable bonds is 4. The zero-order valence-electron chi connectivity index (χ0n) is 13.8. The zero-order chi connectivity index (χ0) is 17.9. The highest BCUT2D eigenvalue weighted by molar-refractivity contribution is 7.91. The molecule has 1 fully saturated rings. The SMILES string of the molecule is O=C(C[C@H](c1ccccc1)c1cccc(Cl)c1)N1CCS(=O)(=O)CC1. The number of carbonyl (C=O) groups is 1. The highest BCUT2D eigenvalue weighted by Gasteiger charge is 2.27. The lowest BCUT2D eigenvalue weighted by Gasteiger charge is -2.28. The molecule has 0 aliphatic carbocycles. The van der Waals surface area contributed by atoms with E-state index in [2.05, 4.69) is 0 Å². The lowest BCUT2D eigenvalue weighted by Crippen LogP contribution is -2.44. The second-order valence-corrected chi connectivity index (χ2v) is 9.00. The molecular weight excluding hydrogens is 358 g/mol. The number of nitrogens with zero attached hydrogens (tertiary/aromatic N) is 1. The van der Waals surface area contributed by atoms with E-state index < -0.39 is 9.84 Å². The molecule has 6 heteroatoms. The quantitative estimate of drug-likeness (QED) is 0.822. The number of benzene rings is 2. The number of halogens is 1. The van der Waals surface area contributed by atoms with Gasteiger partial charge in [-0.1, -0.05) is 54.1 Å². The normalized spacial score (nSPS) is 17.9. The molecule has 0 saturated carbocycles. The lowest BCUT2D eigenvalue weighted by molar-refractivity contribution is -0.131. The van der Waals surface area contributed by atoms with Gasteiger partial charge in [0.25, 0.3) is 0 Å². The van der Waals surface area contributed by atoms with E-state index in [0.29, 0.717) is 11.4 Å². The first-order chi connectivity index (χ1) is 11.9. The molecule has 0 unspecified atom stereocenters. The van der Waals surface area contributed by atoms with Gasteiger partial charge < -0.3 is 4.90 Å². The molecule has 25 heavy (non-hydrogen) atoms. The Bertz CT molecular complexity index is 838. The van der Waals surface area contributed by atoms with E-state index in [-0.39, 0.29) is 36.4 Å². The summed E-state index contributed by atoms with van der Waals surface area (Å²) in [5.41, 5.74) is 2.03. The summed E-state index contributed by atoms with van der Waals surface area (Å²) in [5.74, 6) is -0.0349. The van der Waals surface area contributed by atoms with Crippen molar-refractivity contribution < 1.29 is 13.2 Å². The van der Waals surface area contributed by atoms with Crippen molar-refractivity contribution in [2.75, 3.05) is 24.6 Å². The van der Waals surface area contributed by atoms with Crippen LogP contribution in [0.5, 0.6) is 0 Å². The fourth-order valence-electron chi connectivity index (χ4n) is 3.10. The van der Waals surface area contributed by atoms with Crippen LogP contribution in [0.2, 0.25) is 5.02 Å². The van der Waals surface area contributed by atoms with Crippen molar-refractivity contribution in [2.45, 2.75) is 12.3 Å². The van der Waals surface area contributed by atoms with Gasteiger partial charge in [-0.3, -0.25) is 4.79 Å². The second kappa shape index (κ2) is 7.58. The van der Waals surface area contributed by atoms with Crippen LogP contribution in [0.25, 0.3) is 0 Å². The van der Waals surface area contributed by atoms with Crippen LogP contribution < -0.4 is 0 Å². The number of hydrogen-bond acceptors (Lipinski definition) is 3. The maximum atomic E-state index is 12.7. The van der Waals surface area contributed by atoms with Crippen LogP contribution in [0.4, 0.5) is 0 Å². The molecule has 1 aliphatic heterocycles. The first-order valence-electron chi connectivity index (χ1n) is 8.23. The van der Waals surface area contributed by atoms with E-state index in [4.69, 9.17) is 11.6 Å². The molecule has 1 atom stereocenters. The molecule has 0 spiro atoms. The third-order valence-corrected chi connectivity index (χ3v) is 6.37. The van der Waals surface area contributed by atoms with Crippen molar-refractivity contribution in [2.24, 2.45) is 0 Å². The molecule has 3 rings (SSSR count). The molecule has 132 valence electrons. The van der Waals surface area contributed by atoms with Gasteiger partial charge >= 0.3 is 0 Å². The lowest BCUT2D eigenvalue weighted by atomic mass is 9.88. The molecular formula is C19H20ClNO3S. The van der Waals surface area contributed by atoms with Crippen LogP contribution in [0.15, 0.2) is 54.6 Å². The fourth-order valence-corrected chi connectivity index (χ4v) is 4.50. The van der Waals surface area contributed by atoms with E-state index in [9.17, 15) is 13.2 Å². The van der Waals surface area contributed by atoms with Crippen molar-refractivity contribution in [3.63, 3.8) is 0 Å². The monoisotopic (exact) mass is 377 g/mol. The van der Waals surface area contributed by atoms with Gasteiger partial charge in [-0.25, -0.2) is 8.42 Å². The van der Waals surface area contributed by atoms with Crippen molar-refractivity contribution in [3.05, 3.63) is 70.7 Å². The van der Waals surface area contributed by atoms with Crippen LogP contribution in [0.3, 0.4) is 0 Å². The molecule has 1 saturated heterocycles. The summed E-state index contributed by atoms with van der Waals surface area (Å²) in [6.45, 7) is 0.552. The van der Waals surface area contributed by atoms with Crippen LogP contribution in [-0.4, -0.2) is 43.8 Å². The van der Waals surface area contributed by atoms with Gasteiger partial charge in [0.05, 0.1) is 11.5 Å². The minimum atomic E-state index is -3.00. The van der Waals surface area contributed by atoms with Gasteiger partial charge in [0.1, 0.15) is 0 Å². The minimum absolute atomic E-state index is 0.0243. The summed E-state index contributed by atoms with van der Waals surface area (Å²) in [6.07, 6.45) is 0.296. The summed E-state index contributed by atoms with van der Waals surface area (Å²) < 4.78 is 23.1. The number of carbonyl (C=O) groups excluding carboxylic acids is 1. The third kappa shape index (κ3) is 4.61. The van der Waals surface area contributed by atoms with Crippen molar-refractivity contribution in [3.8, 4) is 0 Å². The molecule has 2 aromatic carbocycles. The van der Waals surface area contributed by atoms with E-state index >= 15 is 0 Å². The molecule has 4 nitrogen and oxygen atoms in total. The Morgan fingerprint density at radius 2 is 1.64 bits per heavy atom. The summed E-state index contributed by atoms with van der Waals surface area (Å²) in [7, 11) is -3.00. The first kappa shape index (κ1) is 18.0. The predicted octanol–water partition coefficient (Wildman–Crippen LogP) is 3.12. The Hall–Kier alpha value is -1.85.